The molecule has 1 aromatic heterocycles. The minimum atomic E-state index is -0.654. The van der Waals surface area contributed by atoms with E-state index in [1.807, 2.05) is 0 Å². The number of rotatable bonds is 5. The smallest absolute Gasteiger partial charge is 0.278 e. The zero-order chi connectivity index (χ0) is 18.4. The summed E-state index contributed by atoms with van der Waals surface area (Å²) in [6, 6.07) is 8.08. The second-order valence-electron chi connectivity index (χ2n) is 5.01. The number of nitrogens with one attached hydrogen (secondary N) is 2. The summed E-state index contributed by atoms with van der Waals surface area (Å²) < 4.78 is 0. The van der Waals surface area contributed by atoms with Crippen LogP contribution < -0.4 is 10.9 Å². The molecule has 25 heavy (non-hydrogen) atoms. The summed E-state index contributed by atoms with van der Waals surface area (Å²) in [4.78, 5) is 25.8. The van der Waals surface area contributed by atoms with E-state index in [4.69, 9.17) is 5.26 Å². The first kappa shape index (κ1) is 17.6. The lowest BCUT2D eigenvalue weighted by molar-refractivity contribution is 0.0958. The molecule has 8 nitrogen and oxygen atoms in total. The van der Waals surface area contributed by atoms with Crippen LogP contribution in [0.15, 0.2) is 51.9 Å². The van der Waals surface area contributed by atoms with E-state index in [1.54, 1.807) is 36.4 Å². The molecular weight excluding hydrogens is 322 g/mol. The normalized spacial score (nSPS) is 10.4. The summed E-state index contributed by atoms with van der Waals surface area (Å²) in [6.45, 7) is 5.38. The molecule has 3 N–H and O–H groups in total. The summed E-state index contributed by atoms with van der Waals surface area (Å²) >= 11 is 0. The lowest BCUT2D eigenvalue weighted by Gasteiger charge is -2.03. The van der Waals surface area contributed by atoms with Gasteiger partial charge in [-0.15, -0.1) is 11.7 Å². The topological polar surface area (TPSA) is 131 Å². The number of azo groups is 1. The lowest BCUT2D eigenvalue weighted by Crippen LogP contribution is -2.22. The molecule has 2 aromatic rings. The van der Waals surface area contributed by atoms with Crippen LogP contribution in [-0.4, -0.2) is 22.5 Å². The van der Waals surface area contributed by atoms with Crippen LogP contribution in [0.4, 0.5) is 11.4 Å². The predicted molar refractivity (Wildman–Crippen MR) is 91.3 cm³/mol. The molecule has 0 unspecified atom stereocenters. The van der Waals surface area contributed by atoms with Gasteiger partial charge >= 0.3 is 0 Å². The molecule has 1 heterocycles. The van der Waals surface area contributed by atoms with Crippen molar-refractivity contribution < 1.29 is 9.90 Å². The highest BCUT2D eigenvalue weighted by Crippen LogP contribution is 2.24. The van der Waals surface area contributed by atoms with E-state index in [0.717, 1.165) is 0 Å². The monoisotopic (exact) mass is 337 g/mol. The van der Waals surface area contributed by atoms with Crippen LogP contribution in [-0.2, 0) is 0 Å². The number of carbonyl (C=O) groups is 1. The molecule has 0 fully saturated rings. The number of nitrogens with zero attached hydrogens (tertiary/aromatic N) is 3. The highest BCUT2D eigenvalue weighted by atomic mass is 16.3. The Balaban J connectivity index is 2.26. The summed E-state index contributed by atoms with van der Waals surface area (Å²) in [7, 11) is 0. The van der Waals surface area contributed by atoms with E-state index in [1.165, 1.54) is 6.92 Å². The van der Waals surface area contributed by atoms with Gasteiger partial charge in [0.05, 0.1) is 5.69 Å². The number of nitriles is 1. The van der Waals surface area contributed by atoms with Crippen molar-refractivity contribution in [3.63, 3.8) is 0 Å². The molecule has 0 aliphatic rings. The number of hydrogen-bond acceptors (Lipinski definition) is 6. The fraction of sp³-hybridized carbons (Fsp3) is 0.118. The average molecular weight is 337 g/mol. The third-order valence-electron chi connectivity index (χ3n) is 3.33. The first-order chi connectivity index (χ1) is 12.0. The number of aromatic hydroxyl groups is 1. The van der Waals surface area contributed by atoms with Crippen LogP contribution in [0.3, 0.4) is 0 Å². The maximum atomic E-state index is 11.9. The van der Waals surface area contributed by atoms with Crippen molar-refractivity contribution >= 4 is 17.3 Å². The van der Waals surface area contributed by atoms with Gasteiger partial charge in [-0.05, 0) is 31.2 Å². The van der Waals surface area contributed by atoms with Crippen molar-refractivity contribution in [3.05, 3.63) is 64.0 Å². The maximum Gasteiger partial charge on any atom is 0.278 e. The fourth-order valence-corrected chi connectivity index (χ4v) is 2.01. The Hall–Kier alpha value is -3.73. The number of aromatic amines is 1. The van der Waals surface area contributed by atoms with Gasteiger partial charge in [0.25, 0.3) is 11.5 Å². The van der Waals surface area contributed by atoms with Gasteiger partial charge in [0.15, 0.2) is 5.69 Å². The fourth-order valence-electron chi connectivity index (χ4n) is 2.01. The van der Waals surface area contributed by atoms with Crippen molar-refractivity contribution in [2.75, 3.05) is 6.54 Å². The second-order valence-corrected chi connectivity index (χ2v) is 5.01. The minimum Gasteiger partial charge on any atom is -0.494 e. The number of aromatic nitrogens is 1. The molecule has 1 amide bonds. The predicted octanol–water partition coefficient (Wildman–Crippen LogP) is 2.59. The van der Waals surface area contributed by atoms with Gasteiger partial charge in [0.1, 0.15) is 11.6 Å². The van der Waals surface area contributed by atoms with Gasteiger partial charge in [-0.25, -0.2) is 0 Å². The molecular formula is C17H15N5O3. The molecule has 126 valence electrons. The summed E-state index contributed by atoms with van der Waals surface area (Å²) in [5, 5.41) is 29.0. The van der Waals surface area contributed by atoms with Crippen molar-refractivity contribution in [2.45, 2.75) is 6.92 Å². The maximum absolute atomic E-state index is 11.9. The first-order valence-electron chi connectivity index (χ1n) is 7.24. The Bertz CT molecular complexity index is 936. The van der Waals surface area contributed by atoms with E-state index in [2.05, 4.69) is 27.1 Å². The summed E-state index contributed by atoms with van der Waals surface area (Å²) in [5.74, 6) is -0.744. The molecule has 0 bridgehead atoms. The summed E-state index contributed by atoms with van der Waals surface area (Å²) in [5.41, 5.74) is 0.313. The van der Waals surface area contributed by atoms with Gasteiger partial charge in [0, 0.05) is 17.7 Å². The minimum absolute atomic E-state index is 0.0669. The molecule has 0 aliphatic heterocycles. The average Bonchev–Trinajstić information content (AvgIpc) is 2.60. The van der Waals surface area contributed by atoms with Gasteiger partial charge in [-0.1, -0.05) is 6.08 Å². The molecule has 0 saturated carbocycles. The zero-order valence-corrected chi connectivity index (χ0v) is 13.4. The van der Waals surface area contributed by atoms with E-state index in [9.17, 15) is 14.7 Å². The van der Waals surface area contributed by atoms with Crippen LogP contribution in [0, 0.1) is 18.3 Å². The molecule has 0 radical (unpaired) electrons. The van der Waals surface area contributed by atoms with Crippen molar-refractivity contribution in [2.24, 2.45) is 10.2 Å². The quantitative estimate of drug-likeness (QED) is 0.571. The molecule has 2 rings (SSSR count). The van der Waals surface area contributed by atoms with Gasteiger partial charge in [-0.3, -0.25) is 14.6 Å². The Labute approximate surface area is 143 Å². The van der Waals surface area contributed by atoms with Crippen LogP contribution in [0.2, 0.25) is 0 Å². The van der Waals surface area contributed by atoms with E-state index < -0.39 is 11.4 Å². The van der Waals surface area contributed by atoms with Crippen molar-refractivity contribution in [3.8, 4) is 11.9 Å². The molecule has 0 spiro atoms. The van der Waals surface area contributed by atoms with Crippen LogP contribution in [0.1, 0.15) is 21.5 Å². The summed E-state index contributed by atoms with van der Waals surface area (Å²) in [6.07, 6.45) is 1.58. The third-order valence-corrected chi connectivity index (χ3v) is 3.33. The van der Waals surface area contributed by atoms with Crippen LogP contribution in [0.5, 0.6) is 5.88 Å². The zero-order valence-electron chi connectivity index (χ0n) is 13.4. The third kappa shape index (κ3) is 3.97. The van der Waals surface area contributed by atoms with Crippen LogP contribution in [0.25, 0.3) is 0 Å². The van der Waals surface area contributed by atoms with Gasteiger partial charge < -0.3 is 10.4 Å². The largest absolute Gasteiger partial charge is 0.494 e. The number of carbonyl (C=O) groups excluding carboxylic acids is 1. The number of benzene rings is 1. The molecule has 1 aromatic carbocycles. The Kier molecular flexibility index (Phi) is 5.43. The lowest BCUT2D eigenvalue weighted by atomic mass is 10.1. The van der Waals surface area contributed by atoms with Crippen LogP contribution >= 0.6 is 0 Å². The van der Waals surface area contributed by atoms with E-state index in [0.29, 0.717) is 17.8 Å². The number of H-pyrrole nitrogens is 1. The van der Waals surface area contributed by atoms with Gasteiger partial charge in [-0.2, -0.15) is 10.4 Å². The highest BCUT2D eigenvalue weighted by Gasteiger charge is 2.13. The molecule has 0 atom stereocenters. The van der Waals surface area contributed by atoms with Crippen molar-refractivity contribution in [1.82, 2.24) is 10.3 Å². The Morgan fingerprint density at radius 2 is 2.08 bits per heavy atom. The first-order valence-corrected chi connectivity index (χ1v) is 7.24. The van der Waals surface area contributed by atoms with E-state index in [-0.39, 0.29) is 22.7 Å². The van der Waals surface area contributed by atoms with E-state index >= 15 is 0 Å². The SMILES string of the molecule is C=CCNC(=O)c1ccc(N=Nc2c(C)c(C#N)c(O)[nH]c2=O)cc1. The number of hydrogen-bond donors (Lipinski definition) is 3. The Morgan fingerprint density at radius 1 is 1.40 bits per heavy atom. The number of pyridine rings is 1. The van der Waals surface area contributed by atoms with Crippen molar-refractivity contribution in [1.29, 1.82) is 5.26 Å². The van der Waals surface area contributed by atoms with Gasteiger partial charge in [0.2, 0.25) is 5.88 Å². The molecule has 0 aliphatic carbocycles. The highest BCUT2D eigenvalue weighted by molar-refractivity contribution is 5.94. The standard InChI is InChI=1S/C17H15N5O3/c1-3-8-19-15(23)11-4-6-12(7-5-11)21-22-14-10(2)13(9-18)16(24)20-17(14)25/h3-7H,1,8H2,2H3,(H,19,23)(H2,20,24,25). The Morgan fingerprint density at radius 3 is 2.68 bits per heavy atom. The molecule has 0 saturated heterocycles. The molecule has 8 heteroatoms. The second kappa shape index (κ2) is 7.70. The number of amides is 1.